The molecule has 1 unspecified atom stereocenters. The lowest BCUT2D eigenvalue weighted by atomic mass is 9.85. The van der Waals surface area contributed by atoms with Crippen LogP contribution in [0.2, 0.25) is 10.0 Å². The number of halogens is 3. The van der Waals surface area contributed by atoms with E-state index < -0.39 is 17.3 Å². The predicted molar refractivity (Wildman–Crippen MR) is 142 cm³/mol. The van der Waals surface area contributed by atoms with Crippen molar-refractivity contribution in [2.45, 2.75) is 19.3 Å². The van der Waals surface area contributed by atoms with Crippen molar-refractivity contribution in [3.63, 3.8) is 0 Å². The Hall–Kier alpha value is -3.94. The van der Waals surface area contributed by atoms with Gasteiger partial charge in [-0.1, -0.05) is 64.8 Å². The molecule has 0 bridgehead atoms. The summed E-state index contributed by atoms with van der Waals surface area (Å²) < 4.78 is 14.2. The van der Waals surface area contributed by atoms with E-state index >= 15 is 0 Å². The number of carbonyl (C=O) groups is 1. The Bertz CT molecular complexity index is 1570. The van der Waals surface area contributed by atoms with Crippen LogP contribution in [-0.4, -0.2) is 27.0 Å². The summed E-state index contributed by atoms with van der Waals surface area (Å²) in [6.07, 6.45) is 1.73. The minimum Gasteiger partial charge on any atom is -0.478 e. The van der Waals surface area contributed by atoms with E-state index in [1.807, 2.05) is 12.1 Å². The number of aryl methyl sites for hydroxylation is 1. The van der Waals surface area contributed by atoms with Crippen LogP contribution in [0.15, 0.2) is 82.9 Å². The van der Waals surface area contributed by atoms with Crippen molar-refractivity contribution < 1.29 is 19.5 Å². The van der Waals surface area contributed by atoms with Crippen LogP contribution in [-0.2, 0) is 0 Å². The van der Waals surface area contributed by atoms with E-state index in [9.17, 15) is 19.2 Å². The molecule has 0 aliphatic rings. The smallest absolute Gasteiger partial charge is 0.338 e. The summed E-state index contributed by atoms with van der Waals surface area (Å²) in [5.74, 6) is -2.51. The zero-order chi connectivity index (χ0) is 26.7. The van der Waals surface area contributed by atoms with Gasteiger partial charge in [0.15, 0.2) is 0 Å². The Kier molecular flexibility index (Phi) is 7.76. The van der Waals surface area contributed by atoms with Crippen molar-refractivity contribution in [3.8, 4) is 11.1 Å². The minimum atomic E-state index is -1.33. The number of aromatic amines is 1. The van der Waals surface area contributed by atoms with Gasteiger partial charge in [0.2, 0.25) is 0 Å². The molecule has 0 radical (unpaired) electrons. The summed E-state index contributed by atoms with van der Waals surface area (Å²) in [5.41, 5.74) is 3.53. The molecular formula is C28H21Cl2FN2O4. The summed E-state index contributed by atoms with van der Waals surface area (Å²) in [5, 5.41) is 23.3. The summed E-state index contributed by atoms with van der Waals surface area (Å²) in [4.78, 5) is 25.6. The Labute approximate surface area is 221 Å². The number of hydrogen-bond acceptors (Lipinski definition) is 4. The highest BCUT2D eigenvalue weighted by Gasteiger charge is 2.22. The van der Waals surface area contributed by atoms with Gasteiger partial charge in [-0.15, -0.1) is 0 Å². The van der Waals surface area contributed by atoms with Crippen LogP contribution in [0.4, 0.5) is 4.39 Å². The minimum absolute atomic E-state index is 0.234. The molecule has 3 N–H and O–H groups in total. The molecule has 0 aliphatic heterocycles. The second-order valence-electron chi connectivity index (χ2n) is 8.49. The van der Waals surface area contributed by atoms with Crippen LogP contribution in [0.25, 0.3) is 11.1 Å². The first-order chi connectivity index (χ1) is 17.7. The molecule has 0 spiro atoms. The zero-order valence-corrected chi connectivity index (χ0v) is 21.0. The number of rotatable bonds is 7. The lowest BCUT2D eigenvalue weighted by Crippen LogP contribution is -2.15. The van der Waals surface area contributed by atoms with E-state index in [1.165, 1.54) is 18.3 Å². The molecule has 4 rings (SSSR count). The molecule has 188 valence electrons. The standard InChI is InChI=1S/C28H21Cl2FN2O4/c1-15-10-19(14-32-27(15)34)26(33-37)13-23(21-9-7-20(29)12-24(21)30)17-4-2-16(3-5-17)18-6-8-22(28(35)36)25(31)11-18/h2-12,14,23,37H,13H2,1H3,(H,32,34)(H,35,36)/b33-26+. The third-order valence-electron chi connectivity index (χ3n) is 6.12. The molecule has 3 aromatic carbocycles. The Balaban J connectivity index is 1.74. The number of aromatic nitrogens is 1. The molecule has 1 atom stereocenters. The van der Waals surface area contributed by atoms with Crippen molar-refractivity contribution in [1.82, 2.24) is 4.98 Å². The lowest BCUT2D eigenvalue weighted by molar-refractivity contribution is 0.0692. The molecule has 0 saturated carbocycles. The molecular weight excluding hydrogens is 518 g/mol. The number of aromatic carboxylic acids is 1. The second kappa shape index (κ2) is 11.0. The van der Waals surface area contributed by atoms with E-state index in [1.54, 1.807) is 49.4 Å². The zero-order valence-electron chi connectivity index (χ0n) is 19.5. The fraction of sp³-hybridized carbons (Fsp3) is 0.107. The van der Waals surface area contributed by atoms with Crippen LogP contribution in [0, 0.1) is 12.7 Å². The highest BCUT2D eigenvalue weighted by Crippen LogP contribution is 2.36. The lowest BCUT2D eigenvalue weighted by Gasteiger charge is -2.21. The quantitative estimate of drug-likeness (QED) is 0.135. The Morgan fingerprint density at radius 1 is 1.03 bits per heavy atom. The number of carboxylic acids is 1. The van der Waals surface area contributed by atoms with Gasteiger partial charge < -0.3 is 15.3 Å². The van der Waals surface area contributed by atoms with Gasteiger partial charge >= 0.3 is 5.97 Å². The van der Waals surface area contributed by atoms with Crippen molar-refractivity contribution >= 4 is 34.9 Å². The highest BCUT2D eigenvalue weighted by atomic mass is 35.5. The average Bonchev–Trinajstić information content (AvgIpc) is 2.87. The number of pyridine rings is 1. The number of nitrogens with one attached hydrogen (secondary N) is 1. The molecule has 6 nitrogen and oxygen atoms in total. The fourth-order valence-corrected chi connectivity index (χ4v) is 4.68. The first-order valence-electron chi connectivity index (χ1n) is 11.2. The van der Waals surface area contributed by atoms with E-state index in [0.29, 0.717) is 38.0 Å². The van der Waals surface area contributed by atoms with Gasteiger partial charge in [0.05, 0.1) is 11.3 Å². The Morgan fingerprint density at radius 2 is 1.73 bits per heavy atom. The number of oxime groups is 1. The highest BCUT2D eigenvalue weighted by molar-refractivity contribution is 6.35. The fourth-order valence-electron chi connectivity index (χ4n) is 4.14. The normalized spacial score (nSPS) is 12.4. The summed E-state index contributed by atoms with van der Waals surface area (Å²) in [6, 6.07) is 18.0. The summed E-state index contributed by atoms with van der Waals surface area (Å²) in [7, 11) is 0. The summed E-state index contributed by atoms with van der Waals surface area (Å²) >= 11 is 12.7. The topological polar surface area (TPSA) is 103 Å². The van der Waals surface area contributed by atoms with E-state index in [4.69, 9.17) is 28.3 Å². The van der Waals surface area contributed by atoms with Gasteiger partial charge in [0.25, 0.3) is 5.56 Å². The predicted octanol–water partition coefficient (Wildman–Crippen LogP) is 6.89. The van der Waals surface area contributed by atoms with Crippen LogP contribution in [0.1, 0.15) is 45.0 Å². The molecule has 9 heteroatoms. The number of nitrogens with zero attached hydrogens (tertiary/aromatic N) is 1. The molecule has 0 amide bonds. The maximum atomic E-state index is 14.2. The van der Waals surface area contributed by atoms with Gasteiger partial charge in [0.1, 0.15) is 5.82 Å². The molecule has 4 aromatic rings. The monoisotopic (exact) mass is 538 g/mol. The third kappa shape index (κ3) is 5.74. The third-order valence-corrected chi connectivity index (χ3v) is 6.69. The summed E-state index contributed by atoms with van der Waals surface area (Å²) in [6.45, 7) is 1.66. The van der Waals surface area contributed by atoms with Crippen LogP contribution in [0.3, 0.4) is 0 Å². The number of benzene rings is 3. The van der Waals surface area contributed by atoms with Gasteiger partial charge in [-0.3, -0.25) is 4.79 Å². The van der Waals surface area contributed by atoms with Crippen molar-refractivity contribution in [1.29, 1.82) is 0 Å². The first-order valence-corrected chi connectivity index (χ1v) is 11.9. The van der Waals surface area contributed by atoms with Gasteiger partial charge in [-0.2, -0.15) is 0 Å². The SMILES string of the molecule is Cc1cc(/C(CC(c2ccc(-c3ccc(C(=O)O)c(F)c3)cc2)c2ccc(Cl)cc2Cl)=N/O)c[nH]c1=O. The van der Waals surface area contributed by atoms with Gasteiger partial charge in [0, 0.05) is 39.7 Å². The Morgan fingerprint density at radius 3 is 2.32 bits per heavy atom. The molecule has 0 fully saturated rings. The molecule has 0 saturated heterocycles. The molecule has 1 aromatic heterocycles. The largest absolute Gasteiger partial charge is 0.478 e. The van der Waals surface area contributed by atoms with E-state index in [2.05, 4.69) is 10.1 Å². The van der Waals surface area contributed by atoms with Crippen LogP contribution in [0.5, 0.6) is 0 Å². The number of carboxylic acid groups (broad SMARTS) is 1. The van der Waals surface area contributed by atoms with E-state index in [0.717, 1.165) is 11.1 Å². The van der Waals surface area contributed by atoms with Crippen LogP contribution >= 0.6 is 23.2 Å². The van der Waals surface area contributed by atoms with Crippen molar-refractivity contribution in [2.24, 2.45) is 5.16 Å². The maximum absolute atomic E-state index is 14.2. The number of hydrogen-bond donors (Lipinski definition) is 3. The van der Waals surface area contributed by atoms with Crippen molar-refractivity contribution in [2.75, 3.05) is 0 Å². The van der Waals surface area contributed by atoms with Crippen LogP contribution < -0.4 is 5.56 Å². The molecule has 37 heavy (non-hydrogen) atoms. The molecule has 0 aliphatic carbocycles. The van der Waals surface area contributed by atoms with Crippen molar-refractivity contribution in [3.05, 3.63) is 127 Å². The second-order valence-corrected chi connectivity index (χ2v) is 9.34. The van der Waals surface area contributed by atoms with Gasteiger partial charge in [-0.05, 0) is 59.5 Å². The average molecular weight is 539 g/mol. The maximum Gasteiger partial charge on any atom is 0.338 e. The number of H-pyrrole nitrogens is 1. The molecule has 1 heterocycles. The van der Waals surface area contributed by atoms with E-state index in [-0.39, 0.29) is 17.9 Å². The van der Waals surface area contributed by atoms with Gasteiger partial charge in [-0.25, -0.2) is 9.18 Å². The first kappa shape index (κ1) is 26.1.